The molecule has 0 aliphatic carbocycles. The Balaban J connectivity index is 1.54. The summed E-state index contributed by atoms with van der Waals surface area (Å²) in [4.78, 5) is 18.1. The maximum atomic E-state index is 12.2. The van der Waals surface area contributed by atoms with Gasteiger partial charge in [-0.3, -0.25) is 0 Å². The van der Waals surface area contributed by atoms with Crippen LogP contribution in [0.3, 0.4) is 0 Å². The van der Waals surface area contributed by atoms with Crippen molar-refractivity contribution < 1.29 is 9.32 Å². The molecule has 0 saturated carbocycles. The summed E-state index contributed by atoms with van der Waals surface area (Å²) < 4.78 is 4.98. The minimum Gasteiger partial charge on any atom is -0.337 e. The normalized spacial score (nSPS) is 15.5. The molecule has 2 amide bonds. The molecular weight excluding hydrogens is 351 g/mol. The molecule has 0 atom stereocenters. The number of nitrogens with zero attached hydrogens (tertiary/aromatic N) is 3. The first-order valence-corrected chi connectivity index (χ1v) is 8.56. The lowest BCUT2D eigenvalue weighted by Gasteiger charge is -2.32. The van der Waals surface area contributed by atoms with E-state index in [1.165, 1.54) is 0 Å². The summed E-state index contributed by atoms with van der Waals surface area (Å²) in [6.07, 6.45) is 1.66. The van der Waals surface area contributed by atoms with Crippen molar-refractivity contribution >= 4 is 29.2 Å². The van der Waals surface area contributed by atoms with E-state index in [4.69, 9.17) is 27.7 Å². The number of piperidine rings is 1. The van der Waals surface area contributed by atoms with E-state index in [1.807, 2.05) is 18.2 Å². The summed E-state index contributed by atoms with van der Waals surface area (Å²) in [5.41, 5.74) is 0.988. The molecule has 1 aromatic carbocycles. The first-order valence-electron chi connectivity index (χ1n) is 7.80. The fraction of sp³-hybridized carbons (Fsp3) is 0.438. The van der Waals surface area contributed by atoms with Crippen LogP contribution >= 0.6 is 23.2 Å². The third kappa shape index (κ3) is 3.82. The largest absolute Gasteiger partial charge is 0.337 e. The van der Waals surface area contributed by atoms with Gasteiger partial charge in [0.05, 0.1) is 6.54 Å². The molecule has 1 aromatic heterocycles. The fourth-order valence-corrected chi connectivity index (χ4v) is 3.65. The van der Waals surface area contributed by atoms with E-state index in [1.54, 1.807) is 11.8 Å². The Kier molecular flexibility index (Phi) is 5.26. The number of halogens is 2. The maximum Gasteiger partial charge on any atom is 0.317 e. The molecule has 24 heavy (non-hydrogen) atoms. The second-order valence-electron chi connectivity index (χ2n) is 5.79. The minimum absolute atomic E-state index is 0.130. The van der Waals surface area contributed by atoms with Crippen LogP contribution in [0.2, 0.25) is 10.0 Å². The lowest BCUT2D eigenvalue weighted by Crippen LogP contribution is -2.43. The van der Waals surface area contributed by atoms with Gasteiger partial charge in [-0.2, -0.15) is 4.98 Å². The molecule has 2 heterocycles. The minimum atomic E-state index is -0.130. The molecule has 6 nitrogen and oxygen atoms in total. The SMILES string of the molecule is Cc1noc(CNC(=O)N2CCC(c3c(Cl)cccc3Cl)CC2)n1. The molecule has 128 valence electrons. The summed E-state index contributed by atoms with van der Waals surface area (Å²) in [6.45, 7) is 3.28. The first kappa shape index (κ1) is 17.0. The number of carbonyl (C=O) groups excluding carboxylic acids is 1. The Bertz CT molecular complexity index is 706. The lowest BCUT2D eigenvalue weighted by atomic mass is 9.89. The summed E-state index contributed by atoms with van der Waals surface area (Å²) in [5.74, 6) is 1.23. The van der Waals surface area contributed by atoms with Crippen LogP contribution in [0.4, 0.5) is 4.79 Å². The Hall–Kier alpha value is -1.79. The molecule has 8 heteroatoms. The monoisotopic (exact) mass is 368 g/mol. The number of hydrogen-bond donors (Lipinski definition) is 1. The van der Waals surface area contributed by atoms with Gasteiger partial charge in [0.25, 0.3) is 0 Å². The van der Waals surface area contributed by atoms with E-state index in [9.17, 15) is 4.79 Å². The number of benzene rings is 1. The van der Waals surface area contributed by atoms with E-state index >= 15 is 0 Å². The van der Waals surface area contributed by atoms with Crippen molar-refractivity contribution in [1.82, 2.24) is 20.4 Å². The van der Waals surface area contributed by atoms with Crippen LogP contribution in [0.1, 0.15) is 36.0 Å². The van der Waals surface area contributed by atoms with Crippen molar-refractivity contribution in [3.05, 3.63) is 45.5 Å². The van der Waals surface area contributed by atoms with E-state index in [0.717, 1.165) is 18.4 Å². The number of aryl methyl sites for hydroxylation is 1. The molecule has 1 N–H and O–H groups in total. The van der Waals surface area contributed by atoms with Crippen molar-refractivity contribution in [2.75, 3.05) is 13.1 Å². The summed E-state index contributed by atoms with van der Waals surface area (Å²) in [5, 5.41) is 7.87. The standard InChI is InChI=1S/C16H18Cl2N4O2/c1-10-20-14(24-21-10)9-19-16(23)22-7-5-11(6-8-22)15-12(17)3-2-4-13(15)18/h2-4,11H,5-9H2,1H3,(H,19,23). The van der Waals surface area contributed by atoms with Gasteiger partial charge < -0.3 is 14.7 Å². The quantitative estimate of drug-likeness (QED) is 0.894. The third-order valence-electron chi connectivity index (χ3n) is 4.15. The van der Waals surface area contributed by atoms with Crippen LogP contribution in [0, 0.1) is 6.92 Å². The summed E-state index contributed by atoms with van der Waals surface area (Å²) in [6, 6.07) is 5.42. The van der Waals surface area contributed by atoms with Crippen molar-refractivity contribution in [2.45, 2.75) is 32.2 Å². The average Bonchev–Trinajstić information content (AvgIpc) is 2.98. The van der Waals surface area contributed by atoms with Gasteiger partial charge in [0.1, 0.15) is 0 Å². The second-order valence-corrected chi connectivity index (χ2v) is 6.61. The topological polar surface area (TPSA) is 71.3 Å². The molecule has 0 bridgehead atoms. The van der Waals surface area contributed by atoms with Gasteiger partial charge in [0, 0.05) is 23.1 Å². The number of nitrogens with one attached hydrogen (secondary N) is 1. The molecule has 0 radical (unpaired) electrons. The van der Waals surface area contributed by atoms with Crippen LogP contribution in [0.25, 0.3) is 0 Å². The van der Waals surface area contributed by atoms with Gasteiger partial charge in [0.2, 0.25) is 5.89 Å². The van der Waals surface area contributed by atoms with Crippen molar-refractivity contribution in [2.24, 2.45) is 0 Å². The van der Waals surface area contributed by atoms with Crippen LogP contribution in [0.5, 0.6) is 0 Å². The van der Waals surface area contributed by atoms with E-state index in [0.29, 0.717) is 34.8 Å². The van der Waals surface area contributed by atoms with Gasteiger partial charge >= 0.3 is 6.03 Å². The zero-order chi connectivity index (χ0) is 17.1. The number of rotatable bonds is 3. The Morgan fingerprint density at radius 3 is 2.58 bits per heavy atom. The molecule has 0 spiro atoms. The zero-order valence-electron chi connectivity index (χ0n) is 13.3. The molecule has 3 rings (SSSR count). The van der Waals surface area contributed by atoms with Crippen LogP contribution < -0.4 is 5.32 Å². The highest BCUT2D eigenvalue weighted by Crippen LogP contribution is 2.37. The van der Waals surface area contributed by atoms with Gasteiger partial charge in [-0.25, -0.2) is 4.79 Å². The van der Waals surface area contributed by atoms with Gasteiger partial charge in [0.15, 0.2) is 5.82 Å². The summed E-state index contributed by atoms with van der Waals surface area (Å²) >= 11 is 12.6. The van der Waals surface area contributed by atoms with E-state index in [-0.39, 0.29) is 18.5 Å². The van der Waals surface area contributed by atoms with Gasteiger partial charge in [-0.1, -0.05) is 34.4 Å². The highest BCUT2D eigenvalue weighted by molar-refractivity contribution is 6.36. The third-order valence-corrected chi connectivity index (χ3v) is 4.81. The molecule has 1 aliphatic rings. The van der Waals surface area contributed by atoms with Crippen LogP contribution in [-0.2, 0) is 6.54 Å². The number of hydrogen-bond acceptors (Lipinski definition) is 4. The van der Waals surface area contributed by atoms with Crippen molar-refractivity contribution in [1.29, 1.82) is 0 Å². The van der Waals surface area contributed by atoms with E-state index in [2.05, 4.69) is 15.5 Å². The average molecular weight is 369 g/mol. The summed E-state index contributed by atoms with van der Waals surface area (Å²) in [7, 11) is 0. The Morgan fingerprint density at radius 1 is 1.33 bits per heavy atom. The molecule has 2 aromatic rings. The van der Waals surface area contributed by atoms with Crippen molar-refractivity contribution in [3.8, 4) is 0 Å². The van der Waals surface area contributed by atoms with Crippen LogP contribution in [-0.4, -0.2) is 34.2 Å². The van der Waals surface area contributed by atoms with Gasteiger partial charge in [-0.05, 0) is 43.4 Å². The number of amides is 2. The highest BCUT2D eigenvalue weighted by atomic mass is 35.5. The molecule has 0 unspecified atom stereocenters. The molecule has 1 fully saturated rings. The van der Waals surface area contributed by atoms with E-state index < -0.39 is 0 Å². The Morgan fingerprint density at radius 2 is 2.00 bits per heavy atom. The fourth-order valence-electron chi connectivity index (χ4n) is 2.95. The molecular formula is C16H18Cl2N4O2. The molecule has 1 saturated heterocycles. The number of aromatic nitrogens is 2. The van der Waals surface area contributed by atoms with Crippen molar-refractivity contribution in [3.63, 3.8) is 0 Å². The first-order chi connectivity index (χ1) is 11.5. The predicted octanol–water partition coefficient (Wildman–Crippen LogP) is 3.77. The number of carbonyl (C=O) groups is 1. The smallest absolute Gasteiger partial charge is 0.317 e. The van der Waals surface area contributed by atoms with Crippen LogP contribution in [0.15, 0.2) is 22.7 Å². The predicted molar refractivity (Wildman–Crippen MR) is 91.3 cm³/mol. The lowest BCUT2D eigenvalue weighted by molar-refractivity contribution is 0.179. The zero-order valence-corrected chi connectivity index (χ0v) is 14.8. The Labute approximate surface area is 150 Å². The van der Waals surface area contributed by atoms with Gasteiger partial charge in [-0.15, -0.1) is 0 Å². The molecule has 1 aliphatic heterocycles. The number of likely N-dealkylation sites (tertiary alicyclic amines) is 1. The maximum absolute atomic E-state index is 12.2. The number of urea groups is 1. The second kappa shape index (κ2) is 7.40. The highest BCUT2D eigenvalue weighted by Gasteiger charge is 2.26.